The van der Waals surface area contributed by atoms with Crippen LogP contribution in [0.25, 0.3) is 10.2 Å². The molecule has 0 radical (unpaired) electrons. The van der Waals surface area contributed by atoms with Crippen LogP contribution < -0.4 is 10.6 Å². The van der Waals surface area contributed by atoms with Gasteiger partial charge in [0.2, 0.25) is 5.91 Å². The van der Waals surface area contributed by atoms with Gasteiger partial charge in [-0.2, -0.15) is 0 Å². The van der Waals surface area contributed by atoms with Crippen molar-refractivity contribution in [2.24, 2.45) is 0 Å². The number of nitrogens with one attached hydrogen (secondary N) is 2. The Hall–Kier alpha value is -2.25. The van der Waals surface area contributed by atoms with Gasteiger partial charge < -0.3 is 10.6 Å². The number of carbonyl (C=O) groups is 2. The van der Waals surface area contributed by atoms with E-state index in [1.165, 1.54) is 11.3 Å². The Balaban J connectivity index is 1.64. The van der Waals surface area contributed by atoms with E-state index in [4.69, 9.17) is 0 Å². The molecule has 0 saturated heterocycles. The second-order valence-corrected chi connectivity index (χ2v) is 6.53. The Labute approximate surface area is 135 Å². The summed E-state index contributed by atoms with van der Waals surface area (Å²) < 4.78 is 1.07. The van der Waals surface area contributed by atoms with Gasteiger partial charge in [-0.25, -0.2) is 4.98 Å². The number of thiazole rings is 1. The lowest BCUT2D eigenvalue weighted by Gasteiger charge is -2.13. The summed E-state index contributed by atoms with van der Waals surface area (Å²) in [6, 6.07) is 8.45. The fourth-order valence-electron chi connectivity index (χ4n) is 1.93. The molecule has 0 aliphatic carbocycles. The number of hydrogen-bond donors (Lipinski definition) is 2. The van der Waals surface area contributed by atoms with Crippen molar-refractivity contribution in [1.29, 1.82) is 0 Å². The van der Waals surface area contributed by atoms with Crippen LogP contribution in [0.15, 0.2) is 41.2 Å². The lowest BCUT2D eigenvalue weighted by atomic mass is 10.2. The van der Waals surface area contributed by atoms with E-state index >= 15 is 0 Å². The Morgan fingerprint density at radius 3 is 2.86 bits per heavy atom. The summed E-state index contributed by atoms with van der Waals surface area (Å²) in [6.45, 7) is 1.65. The molecular weight excluding hydrogens is 318 g/mol. The molecule has 0 fully saturated rings. The summed E-state index contributed by atoms with van der Waals surface area (Å²) in [7, 11) is 0. The number of aromatic nitrogens is 1. The Kier molecular flexibility index (Phi) is 4.17. The van der Waals surface area contributed by atoms with Crippen molar-refractivity contribution in [3.05, 3.63) is 46.1 Å². The predicted molar refractivity (Wildman–Crippen MR) is 89.5 cm³/mol. The number of nitrogens with zero attached hydrogens (tertiary/aromatic N) is 1. The molecule has 0 bridgehead atoms. The minimum atomic E-state index is -0.624. The van der Waals surface area contributed by atoms with Gasteiger partial charge in [0.05, 0.1) is 20.6 Å². The van der Waals surface area contributed by atoms with Crippen molar-refractivity contribution in [3.8, 4) is 0 Å². The topological polar surface area (TPSA) is 71.1 Å². The minimum absolute atomic E-state index is 0.243. The molecule has 2 aromatic heterocycles. The molecule has 3 rings (SSSR count). The summed E-state index contributed by atoms with van der Waals surface area (Å²) in [5.41, 5.74) is 3.28. The highest BCUT2D eigenvalue weighted by atomic mass is 32.1. The zero-order chi connectivity index (χ0) is 15.5. The van der Waals surface area contributed by atoms with Crippen molar-refractivity contribution in [1.82, 2.24) is 10.3 Å². The highest BCUT2D eigenvalue weighted by Crippen LogP contribution is 2.21. The summed E-state index contributed by atoms with van der Waals surface area (Å²) in [5.74, 6) is -0.507. The lowest BCUT2D eigenvalue weighted by Crippen LogP contribution is -2.41. The first-order valence-electron chi connectivity index (χ1n) is 6.62. The number of carbonyl (C=O) groups excluding carboxylic acids is 2. The molecule has 2 heterocycles. The van der Waals surface area contributed by atoms with E-state index < -0.39 is 6.04 Å². The van der Waals surface area contributed by atoms with E-state index in [-0.39, 0.29) is 11.8 Å². The number of rotatable bonds is 4. The molecule has 0 saturated carbocycles. The van der Waals surface area contributed by atoms with Gasteiger partial charge in [-0.05, 0) is 36.6 Å². The monoisotopic (exact) mass is 331 g/mol. The van der Waals surface area contributed by atoms with Crippen molar-refractivity contribution in [2.45, 2.75) is 13.0 Å². The maximum atomic E-state index is 12.2. The van der Waals surface area contributed by atoms with Crippen molar-refractivity contribution in [3.63, 3.8) is 0 Å². The zero-order valence-electron chi connectivity index (χ0n) is 11.7. The maximum Gasteiger partial charge on any atom is 0.261 e. The molecule has 0 unspecified atom stereocenters. The predicted octanol–water partition coefficient (Wildman–Crippen LogP) is 3.11. The van der Waals surface area contributed by atoms with Crippen LogP contribution in [-0.4, -0.2) is 22.8 Å². The van der Waals surface area contributed by atoms with Crippen LogP contribution in [-0.2, 0) is 4.79 Å². The molecule has 1 atom stereocenters. The van der Waals surface area contributed by atoms with E-state index in [1.54, 1.807) is 35.9 Å². The van der Waals surface area contributed by atoms with E-state index in [0.29, 0.717) is 10.6 Å². The lowest BCUT2D eigenvalue weighted by molar-refractivity contribution is -0.117. The van der Waals surface area contributed by atoms with Crippen LogP contribution in [0.2, 0.25) is 0 Å². The third-order valence-electron chi connectivity index (χ3n) is 3.08. The van der Waals surface area contributed by atoms with Crippen molar-refractivity contribution < 1.29 is 9.59 Å². The highest BCUT2D eigenvalue weighted by molar-refractivity contribution is 7.16. The van der Waals surface area contributed by atoms with E-state index in [0.717, 1.165) is 10.2 Å². The first-order chi connectivity index (χ1) is 10.6. The van der Waals surface area contributed by atoms with Gasteiger partial charge in [-0.3, -0.25) is 9.59 Å². The molecule has 2 N–H and O–H groups in total. The van der Waals surface area contributed by atoms with Crippen molar-refractivity contribution >= 4 is 50.4 Å². The van der Waals surface area contributed by atoms with Crippen molar-refractivity contribution in [2.75, 3.05) is 5.32 Å². The average Bonchev–Trinajstić information content (AvgIpc) is 3.18. The van der Waals surface area contributed by atoms with Gasteiger partial charge in [-0.1, -0.05) is 6.07 Å². The molecule has 3 aromatic rings. The third kappa shape index (κ3) is 3.15. The standard InChI is InChI=1S/C15H13N3O2S2/c1-9(17-15(20)13-3-2-6-21-13)14(19)18-10-4-5-12-11(7-10)16-8-22-12/h2-9H,1H3,(H,17,20)(H,18,19)/t9-/m0/s1. The number of benzene rings is 1. The van der Waals surface area contributed by atoms with Gasteiger partial charge in [0, 0.05) is 5.69 Å². The second kappa shape index (κ2) is 6.25. The molecule has 0 aliphatic heterocycles. The fourth-order valence-corrected chi connectivity index (χ4v) is 3.21. The first-order valence-corrected chi connectivity index (χ1v) is 8.38. The number of fused-ring (bicyclic) bond motifs is 1. The molecule has 112 valence electrons. The fraction of sp³-hybridized carbons (Fsp3) is 0.133. The van der Waals surface area contributed by atoms with Gasteiger partial charge in [0.25, 0.3) is 5.91 Å². The Morgan fingerprint density at radius 1 is 1.23 bits per heavy atom. The van der Waals surface area contributed by atoms with Crippen LogP contribution >= 0.6 is 22.7 Å². The Bertz CT molecular complexity index is 811. The molecule has 22 heavy (non-hydrogen) atoms. The quantitative estimate of drug-likeness (QED) is 0.771. The first kappa shape index (κ1) is 14.7. The third-order valence-corrected chi connectivity index (χ3v) is 4.76. The smallest absolute Gasteiger partial charge is 0.261 e. The van der Waals surface area contributed by atoms with Crippen LogP contribution in [0.3, 0.4) is 0 Å². The molecule has 2 amide bonds. The number of thiophene rings is 1. The summed E-state index contributed by atoms with van der Waals surface area (Å²) >= 11 is 2.89. The van der Waals surface area contributed by atoms with Crippen LogP contribution in [0.4, 0.5) is 5.69 Å². The highest BCUT2D eigenvalue weighted by Gasteiger charge is 2.17. The normalized spacial score (nSPS) is 12.0. The summed E-state index contributed by atoms with van der Waals surface area (Å²) in [6.07, 6.45) is 0. The minimum Gasteiger partial charge on any atom is -0.340 e. The van der Waals surface area contributed by atoms with Crippen LogP contribution in [0, 0.1) is 0 Å². The van der Waals surface area contributed by atoms with E-state index in [1.807, 2.05) is 23.6 Å². The van der Waals surface area contributed by atoms with Gasteiger partial charge in [0.15, 0.2) is 0 Å². The number of amides is 2. The summed E-state index contributed by atoms with van der Waals surface area (Å²) in [5, 5.41) is 7.29. The average molecular weight is 331 g/mol. The molecule has 7 heteroatoms. The molecule has 1 aromatic carbocycles. The van der Waals surface area contributed by atoms with Gasteiger partial charge >= 0.3 is 0 Å². The van der Waals surface area contributed by atoms with E-state index in [2.05, 4.69) is 15.6 Å². The number of hydrogen-bond acceptors (Lipinski definition) is 5. The number of anilines is 1. The molecular formula is C15H13N3O2S2. The summed E-state index contributed by atoms with van der Waals surface area (Å²) in [4.78, 5) is 28.9. The molecule has 5 nitrogen and oxygen atoms in total. The molecule has 0 spiro atoms. The Morgan fingerprint density at radius 2 is 2.09 bits per heavy atom. The van der Waals surface area contributed by atoms with Gasteiger partial charge in [0.1, 0.15) is 6.04 Å². The van der Waals surface area contributed by atoms with Gasteiger partial charge in [-0.15, -0.1) is 22.7 Å². The van der Waals surface area contributed by atoms with E-state index in [9.17, 15) is 9.59 Å². The van der Waals surface area contributed by atoms with Crippen LogP contribution in [0.5, 0.6) is 0 Å². The molecule has 0 aliphatic rings. The maximum absolute atomic E-state index is 12.2. The largest absolute Gasteiger partial charge is 0.340 e. The van der Waals surface area contributed by atoms with Crippen LogP contribution in [0.1, 0.15) is 16.6 Å². The SMILES string of the molecule is C[C@H](NC(=O)c1cccs1)C(=O)Nc1ccc2scnc2c1. The zero-order valence-corrected chi connectivity index (χ0v) is 13.3. The second-order valence-electron chi connectivity index (χ2n) is 4.70.